The molecule has 0 spiro atoms. The molecular weight excluding hydrogens is 390 g/mol. The molecule has 0 radical (unpaired) electrons. The second-order valence-corrected chi connectivity index (χ2v) is 8.17. The number of sulfonamides is 1. The van der Waals surface area contributed by atoms with E-state index in [4.69, 9.17) is 23.2 Å². The number of carbonyl (C=O) groups is 1. The van der Waals surface area contributed by atoms with Crippen LogP contribution in [0.4, 0.5) is 10.1 Å². The summed E-state index contributed by atoms with van der Waals surface area (Å²) in [4.78, 5) is 12.0. The number of carbonyl (C=O) groups excluding carboxylic acids is 1. The lowest BCUT2D eigenvalue weighted by Gasteiger charge is -2.10. The third-order valence-corrected chi connectivity index (χ3v) is 5.64. The Labute approximate surface area is 154 Å². The Morgan fingerprint density at radius 1 is 1.12 bits per heavy atom. The average Bonchev–Trinajstić information content (AvgIpc) is 3.32. The van der Waals surface area contributed by atoms with Gasteiger partial charge in [-0.3, -0.25) is 4.79 Å². The van der Waals surface area contributed by atoms with E-state index in [0.29, 0.717) is 5.02 Å². The van der Waals surface area contributed by atoms with E-state index in [1.54, 1.807) is 0 Å². The molecule has 0 atom stereocenters. The zero-order valence-electron chi connectivity index (χ0n) is 12.7. The van der Waals surface area contributed by atoms with Crippen molar-refractivity contribution in [2.45, 2.75) is 23.8 Å². The van der Waals surface area contributed by atoms with Gasteiger partial charge in [0.25, 0.3) is 5.91 Å². The molecule has 9 heteroatoms. The number of benzene rings is 2. The topological polar surface area (TPSA) is 75.3 Å². The fraction of sp³-hybridized carbons (Fsp3) is 0.188. The summed E-state index contributed by atoms with van der Waals surface area (Å²) in [5.41, 5.74) is -0.0287. The van der Waals surface area contributed by atoms with E-state index in [2.05, 4.69) is 10.0 Å². The van der Waals surface area contributed by atoms with E-state index in [-0.39, 0.29) is 27.2 Å². The van der Waals surface area contributed by atoms with Crippen LogP contribution in [0, 0.1) is 5.82 Å². The monoisotopic (exact) mass is 402 g/mol. The van der Waals surface area contributed by atoms with E-state index in [0.717, 1.165) is 18.9 Å². The van der Waals surface area contributed by atoms with Crippen LogP contribution in [0.1, 0.15) is 23.2 Å². The smallest absolute Gasteiger partial charge is 0.257 e. The molecule has 2 aromatic rings. The Bertz CT molecular complexity index is 946. The molecule has 1 fully saturated rings. The number of rotatable bonds is 5. The first-order valence-corrected chi connectivity index (χ1v) is 9.58. The van der Waals surface area contributed by atoms with Crippen molar-refractivity contribution >= 4 is 44.8 Å². The molecule has 1 saturated carbocycles. The molecule has 0 aromatic heterocycles. The first-order valence-electron chi connectivity index (χ1n) is 7.34. The molecule has 0 saturated heterocycles. The highest BCUT2D eigenvalue weighted by molar-refractivity contribution is 7.89. The molecule has 0 heterocycles. The predicted molar refractivity (Wildman–Crippen MR) is 94.2 cm³/mol. The van der Waals surface area contributed by atoms with Crippen molar-refractivity contribution in [1.82, 2.24) is 4.72 Å². The molecule has 5 nitrogen and oxygen atoms in total. The van der Waals surface area contributed by atoms with Crippen LogP contribution in [0.2, 0.25) is 10.0 Å². The van der Waals surface area contributed by atoms with Gasteiger partial charge in [-0.15, -0.1) is 0 Å². The lowest BCUT2D eigenvalue weighted by molar-refractivity contribution is 0.102. The zero-order chi connectivity index (χ0) is 18.2. The van der Waals surface area contributed by atoms with E-state index in [1.165, 1.54) is 30.3 Å². The zero-order valence-corrected chi connectivity index (χ0v) is 15.1. The van der Waals surface area contributed by atoms with Gasteiger partial charge in [0.2, 0.25) is 10.0 Å². The highest BCUT2D eigenvalue weighted by atomic mass is 35.5. The first kappa shape index (κ1) is 18.1. The highest BCUT2D eigenvalue weighted by Crippen LogP contribution is 2.26. The van der Waals surface area contributed by atoms with Gasteiger partial charge in [0, 0.05) is 11.1 Å². The summed E-state index contributed by atoms with van der Waals surface area (Å²) < 4.78 is 40.8. The predicted octanol–water partition coefficient (Wildman–Crippen LogP) is 3.83. The number of hydrogen-bond donors (Lipinski definition) is 2. The Hall–Kier alpha value is -1.67. The minimum Gasteiger partial charge on any atom is -0.319 e. The lowest BCUT2D eigenvalue weighted by Crippen LogP contribution is -2.25. The minimum atomic E-state index is -3.77. The number of anilines is 1. The standard InChI is InChI=1S/C16H13Cl2FN2O3S/c17-9-1-5-12(13(18)7-9)16(22)20-15-6-4-11(8-14(15)19)25(23,24)21-10-2-3-10/h1,4-8,10,21H,2-3H2,(H,20,22). The van der Waals surface area contributed by atoms with Gasteiger partial charge >= 0.3 is 0 Å². The quantitative estimate of drug-likeness (QED) is 0.797. The third kappa shape index (κ3) is 4.30. The van der Waals surface area contributed by atoms with Crippen LogP contribution in [0.5, 0.6) is 0 Å². The molecule has 2 aromatic carbocycles. The van der Waals surface area contributed by atoms with E-state index in [1.807, 2.05) is 0 Å². The largest absolute Gasteiger partial charge is 0.319 e. The Kier molecular flexibility index (Phi) is 5.02. The third-order valence-electron chi connectivity index (χ3n) is 3.57. The van der Waals surface area contributed by atoms with Crippen LogP contribution in [0.15, 0.2) is 41.3 Å². The van der Waals surface area contributed by atoms with Gasteiger partial charge in [0.05, 0.1) is 21.2 Å². The van der Waals surface area contributed by atoms with Crippen molar-refractivity contribution in [2.75, 3.05) is 5.32 Å². The Balaban J connectivity index is 1.80. The number of hydrogen-bond acceptors (Lipinski definition) is 3. The summed E-state index contributed by atoms with van der Waals surface area (Å²) in [6.07, 6.45) is 1.55. The lowest BCUT2D eigenvalue weighted by atomic mass is 10.2. The summed E-state index contributed by atoms with van der Waals surface area (Å²) in [5, 5.41) is 2.85. The van der Waals surface area contributed by atoms with Crippen LogP contribution < -0.4 is 10.0 Å². The van der Waals surface area contributed by atoms with Gasteiger partial charge in [0.1, 0.15) is 5.82 Å². The van der Waals surface area contributed by atoms with Crippen molar-refractivity contribution in [3.8, 4) is 0 Å². The van der Waals surface area contributed by atoms with Crippen LogP contribution in [-0.4, -0.2) is 20.4 Å². The molecule has 0 unspecified atom stereocenters. The van der Waals surface area contributed by atoms with Gasteiger partial charge in [-0.05, 0) is 49.2 Å². The molecule has 0 bridgehead atoms. The van der Waals surface area contributed by atoms with E-state index in [9.17, 15) is 17.6 Å². The van der Waals surface area contributed by atoms with Crippen LogP contribution in [0.3, 0.4) is 0 Å². The van der Waals surface area contributed by atoms with Gasteiger partial charge in [0.15, 0.2) is 0 Å². The summed E-state index contributed by atoms with van der Waals surface area (Å²) in [5.74, 6) is -1.50. The molecule has 1 aliphatic carbocycles. The maximum Gasteiger partial charge on any atom is 0.257 e. The van der Waals surface area contributed by atoms with E-state index < -0.39 is 21.7 Å². The molecule has 2 N–H and O–H groups in total. The molecule has 0 aliphatic heterocycles. The van der Waals surface area contributed by atoms with Gasteiger partial charge in [-0.25, -0.2) is 17.5 Å². The Morgan fingerprint density at radius 2 is 1.84 bits per heavy atom. The van der Waals surface area contributed by atoms with Gasteiger partial charge in [-0.1, -0.05) is 23.2 Å². The van der Waals surface area contributed by atoms with Crippen LogP contribution in [0.25, 0.3) is 0 Å². The maximum atomic E-state index is 14.2. The molecule has 1 aliphatic rings. The Morgan fingerprint density at radius 3 is 2.44 bits per heavy atom. The van der Waals surface area contributed by atoms with Crippen molar-refractivity contribution in [3.05, 3.63) is 57.8 Å². The van der Waals surface area contributed by atoms with E-state index >= 15 is 0 Å². The van der Waals surface area contributed by atoms with Crippen LogP contribution >= 0.6 is 23.2 Å². The first-order chi connectivity index (χ1) is 11.8. The summed E-state index contributed by atoms with van der Waals surface area (Å²) >= 11 is 11.7. The molecular formula is C16H13Cl2FN2O3S. The second kappa shape index (κ2) is 6.92. The summed E-state index contributed by atoms with van der Waals surface area (Å²) in [7, 11) is -3.77. The van der Waals surface area contributed by atoms with Gasteiger partial charge in [-0.2, -0.15) is 0 Å². The number of amides is 1. The van der Waals surface area contributed by atoms with Crippen LogP contribution in [-0.2, 0) is 10.0 Å². The normalized spacial score (nSPS) is 14.4. The van der Waals surface area contributed by atoms with Crippen molar-refractivity contribution in [2.24, 2.45) is 0 Å². The molecule has 1 amide bonds. The molecule has 25 heavy (non-hydrogen) atoms. The van der Waals surface area contributed by atoms with Crippen molar-refractivity contribution in [1.29, 1.82) is 0 Å². The highest BCUT2D eigenvalue weighted by Gasteiger charge is 2.28. The SMILES string of the molecule is O=C(Nc1ccc(S(=O)(=O)NC2CC2)cc1F)c1ccc(Cl)cc1Cl. The fourth-order valence-electron chi connectivity index (χ4n) is 2.12. The second-order valence-electron chi connectivity index (χ2n) is 5.62. The van der Waals surface area contributed by atoms with Crippen molar-refractivity contribution < 1.29 is 17.6 Å². The molecule has 3 rings (SSSR count). The average molecular weight is 403 g/mol. The number of nitrogens with one attached hydrogen (secondary N) is 2. The maximum absolute atomic E-state index is 14.2. The van der Waals surface area contributed by atoms with Gasteiger partial charge < -0.3 is 5.32 Å². The minimum absolute atomic E-state index is 0.0838. The van der Waals surface area contributed by atoms with Crippen molar-refractivity contribution in [3.63, 3.8) is 0 Å². The summed E-state index contributed by atoms with van der Waals surface area (Å²) in [6.45, 7) is 0. The number of halogens is 3. The fourth-order valence-corrected chi connectivity index (χ4v) is 3.93. The molecule has 132 valence electrons. The summed E-state index contributed by atoms with van der Waals surface area (Å²) in [6, 6.07) is 7.50.